The van der Waals surface area contributed by atoms with Crippen LogP contribution in [-0.4, -0.2) is 25.9 Å². The van der Waals surface area contributed by atoms with E-state index in [0.29, 0.717) is 12.2 Å². The van der Waals surface area contributed by atoms with Crippen molar-refractivity contribution in [3.05, 3.63) is 28.0 Å². The lowest BCUT2D eigenvalue weighted by Gasteiger charge is -2.23. The van der Waals surface area contributed by atoms with Crippen molar-refractivity contribution in [1.29, 1.82) is 0 Å². The van der Waals surface area contributed by atoms with Gasteiger partial charge in [0.2, 0.25) is 0 Å². The zero-order valence-corrected chi connectivity index (χ0v) is 12.3. The Labute approximate surface area is 115 Å². The van der Waals surface area contributed by atoms with Crippen LogP contribution in [0.5, 0.6) is 0 Å². The number of hydrogen-bond donors (Lipinski definition) is 1. The van der Waals surface area contributed by atoms with E-state index in [-0.39, 0.29) is 5.91 Å². The molecule has 0 fully saturated rings. The zero-order valence-electron chi connectivity index (χ0n) is 11.5. The van der Waals surface area contributed by atoms with Crippen LogP contribution in [0.25, 0.3) is 0 Å². The molecule has 2 aromatic rings. The topological polar surface area (TPSA) is 72.7 Å². The van der Waals surface area contributed by atoms with Gasteiger partial charge in [-0.25, -0.2) is 9.67 Å². The van der Waals surface area contributed by atoms with E-state index in [1.54, 1.807) is 16.0 Å². The molecule has 0 spiro atoms. The van der Waals surface area contributed by atoms with E-state index in [9.17, 15) is 4.79 Å². The molecule has 1 amide bonds. The fourth-order valence-corrected chi connectivity index (χ4v) is 2.53. The van der Waals surface area contributed by atoms with Crippen molar-refractivity contribution in [1.82, 2.24) is 25.3 Å². The van der Waals surface area contributed by atoms with E-state index >= 15 is 0 Å². The summed E-state index contributed by atoms with van der Waals surface area (Å²) < 4.78 is 1.57. The van der Waals surface area contributed by atoms with Crippen molar-refractivity contribution in [3.63, 3.8) is 0 Å². The van der Waals surface area contributed by atoms with E-state index in [4.69, 9.17) is 0 Å². The van der Waals surface area contributed by atoms with Crippen LogP contribution >= 0.6 is 11.3 Å². The van der Waals surface area contributed by atoms with Gasteiger partial charge in [0.1, 0.15) is 10.7 Å². The molecule has 6 nitrogen and oxygen atoms in total. The smallest absolute Gasteiger partial charge is 0.271 e. The average Bonchev–Trinajstić information content (AvgIpc) is 2.96. The molecular weight excluding hydrogens is 262 g/mol. The van der Waals surface area contributed by atoms with E-state index in [1.165, 1.54) is 6.20 Å². The number of thiazole rings is 1. The second-order valence-corrected chi connectivity index (χ2v) is 6.02. The number of aryl methyl sites for hydroxylation is 2. The zero-order chi connectivity index (χ0) is 14.0. The quantitative estimate of drug-likeness (QED) is 0.925. The number of nitrogens with one attached hydrogen (secondary N) is 1. The fraction of sp³-hybridized carbons (Fsp3) is 0.500. The maximum Gasteiger partial charge on any atom is 0.271 e. The second-order valence-electron chi connectivity index (χ2n) is 4.79. The minimum atomic E-state index is -0.515. The highest BCUT2D eigenvalue weighted by molar-refractivity contribution is 7.11. The summed E-state index contributed by atoms with van der Waals surface area (Å²) in [5, 5.41) is 11.5. The normalized spacial score (nSPS) is 11.6. The van der Waals surface area contributed by atoms with E-state index < -0.39 is 5.54 Å². The highest BCUT2D eigenvalue weighted by Gasteiger charge is 2.27. The van der Waals surface area contributed by atoms with Gasteiger partial charge in [0.05, 0.1) is 11.7 Å². The Kier molecular flexibility index (Phi) is 3.66. The predicted octanol–water partition coefficient (Wildman–Crippen LogP) is 1.73. The van der Waals surface area contributed by atoms with Gasteiger partial charge in [0.15, 0.2) is 0 Å². The first-order chi connectivity index (χ1) is 8.94. The van der Waals surface area contributed by atoms with Crippen LogP contribution in [-0.2, 0) is 12.1 Å². The van der Waals surface area contributed by atoms with Crippen molar-refractivity contribution >= 4 is 17.2 Å². The second kappa shape index (κ2) is 5.08. The molecule has 0 unspecified atom stereocenters. The van der Waals surface area contributed by atoms with Gasteiger partial charge in [-0.05, 0) is 27.7 Å². The number of nitrogens with zero attached hydrogens (tertiary/aromatic N) is 4. The van der Waals surface area contributed by atoms with Gasteiger partial charge < -0.3 is 5.32 Å². The number of carbonyl (C=O) groups excluding carboxylic acids is 1. The molecule has 0 aliphatic heterocycles. The van der Waals surface area contributed by atoms with E-state index in [2.05, 4.69) is 20.6 Å². The Morgan fingerprint density at radius 1 is 1.47 bits per heavy atom. The number of hydrogen-bond acceptors (Lipinski definition) is 5. The van der Waals surface area contributed by atoms with Crippen molar-refractivity contribution in [2.45, 2.75) is 39.8 Å². The van der Waals surface area contributed by atoms with Gasteiger partial charge >= 0.3 is 0 Å². The molecule has 0 saturated heterocycles. The lowest BCUT2D eigenvalue weighted by Crippen LogP contribution is -2.41. The standard InChI is InChI=1S/C12H17N5OS/c1-5-17-9(7-14-16-17)10(18)15-12(3,4)11-13-6-8(2)19-11/h6-7H,5H2,1-4H3,(H,15,18). The summed E-state index contributed by atoms with van der Waals surface area (Å²) in [5.41, 5.74) is -0.0531. The molecule has 1 N–H and O–H groups in total. The molecule has 7 heteroatoms. The molecule has 0 aliphatic rings. The van der Waals surface area contributed by atoms with Gasteiger partial charge in [-0.1, -0.05) is 5.21 Å². The molecule has 102 valence electrons. The molecule has 2 rings (SSSR count). The number of aromatic nitrogens is 4. The van der Waals surface area contributed by atoms with Crippen LogP contribution in [0.2, 0.25) is 0 Å². The van der Waals surface area contributed by atoms with Gasteiger partial charge in [-0.2, -0.15) is 0 Å². The van der Waals surface area contributed by atoms with Gasteiger partial charge in [0, 0.05) is 17.6 Å². The fourth-order valence-electron chi connectivity index (χ4n) is 1.71. The van der Waals surface area contributed by atoms with E-state index in [1.807, 2.05) is 33.9 Å². The van der Waals surface area contributed by atoms with Crippen molar-refractivity contribution in [3.8, 4) is 0 Å². The summed E-state index contributed by atoms with van der Waals surface area (Å²) in [6.45, 7) is 8.39. The molecule has 19 heavy (non-hydrogen) atoms. The maximum absolute atomic E-state index is 12.2. The lowest BCUT2D eigenvalue weighted by molar-refractivity contribution is 0.0901. The summed E-state index contributed by atoms with van der Waals surface area (Å²) in [6.07, 6.45) is 3.29. The molecule has 2 heterocycles. The van der Waals surface area contributed by atoms with Crippen LogP contribution in [0, 0.1) is 6.92 Å². The summed E-state index contributed by atoms with van der Waals surface area (Å²) in [6, 6.07) is 0. The van der Waals surface area contributed by atoms with Crippen molar-refractivity contribution in [2.75, 3.05) is 0 Å². The maximum atomic E-state index is 12.2. The van der Waals surface area contributed by atoms with Gasteiger partial charge in [0.25, 0.3) is 5.91 Å². The first kappa shape index (κ1) is 13.7. The largest absolute Gasteiger partial charge is 0.339 e. The molecule has 0 saturated carbocycles. The van der Waals surface area contributed by atoms with Crippen LogP contribution < -0.4 is 5.32 Å². The van der Waals surface area contributed by atoms with Crippen LogP contribution in [0.3, 0.4) is 0 Å². The average molecular weight is 279 g/mol. The highest BCUT2D eigenvalue weighted by Crippen LogP contribution is 2.25. The van der Waals surface area contributed by atoms with Gasteiger partial charge in [-0.15, -0.1) is 16.4 Å². The molecule has 0 aliphatic carbocycles. The number of amides is 1. The molecular formula is C12H17N5OS. The lowest BCUT2D eigenvalue weighted by atomic mass is 10.1. The van der Waals surface area contributed by atoms with Crippen LogP contribution in [0.1, 0.15) is 41.1 Å². The Bertz CT molecular complexity index is 586. The Balaban J connectivity index is 2.18. The first-order valence-corrected chi connectivity index (χ1v) is 6.89. The molecule has 0 aromatic carbocycles. The van der Waals surface area contributed by atoms with Crippen molar-refractivity contribution < 1.29 is 4.79 Å². The monoisotopic (exact) mass is 279 g/mol. The first-order valence-electron chi connectivity index (χ1n) is 6.08. The molecule has 0 atom stereocenters. The Morgan fingerprint density at radius 2 is 2.21 bits per heavy atom. The van der Waals surface area contributed by atoms with Crippen molar-refractivity contribution in [2.24, 2.45) is 0 Å². The highest BCUT2D eigenvalue weighted by atomic mass is 32.1. The minimum absolute atomic E-state index is 0.190. The SMILES string of the molecule is CCn1nncc1C(=O)NC(C)(C)c1ncc(C)s1. The third-order valence-corrected chi connectivity index (χ3v) is 3.97. The summed E-state index contributed by atoms with van der Waals surface area (Å²) in [5.74, 6) is -0.190. The molecule has 0 radical (unpaired) electrons. The third kappa shape index (κ3) is 2.81. The summed E-state index contributed by atoms with van der Waals surface area (Å²) >= 11 is 1.58. The summed E-state index contributed by atoms with van der Waals surface area (Å²) in [4.78, 5) is 17.7. The van der Waals surface area contributed by atoms with Crippen LogP contribution in [0.15, 0.2) is 12.4 Å². The Morgan fingerprint density at radius 3 is 2.79 bits per heavy atom. The predicted molar refractivity (Wildman–Crippen MR) is 73.0 cm³/mol. The molecule has 0 bridgehead atoms. The number of carbonyl (C=O) groups is 1. The Hall–Kier alpha value is -1.76. The number of rotatable bonds is 4. The summed E-state index contributed by atoms with van der Waals surface area (Å²) in [7, 11) is 0. The third-order valence-electron chi connectivity index (χ3n) is 2.73. The van der Waals surface area contributed by atoms with Crippen LogP contribution in [0.4, 0.5) is 0 Å². The van der Waals surface area contributed by atoms with Gasteiger partial charge in [-0.3, -0.25) is 4.79 Å². The minimum Gasteiger partial charge on any atom is -0.339 e. The molecule has 2 aromatic heterocycles. The van der Waals surface area contributed by atoms with E-state index in [0.717, 1.165) is 9.88 Å².